The van der Waals surface area contributed by atoms with Crippen LogP contribution in [0.4, 0.5) is 13.2 Å². The predicted octanol–water partition coefficient (Wildman–Crippen LogP) is 6.79. The molecule has 2 aliphatic rings. The van der Waals surface area contributed by atoms with Crippen LogP contribution in [0.1, 0.15) is 57.4 Å². The van der Waals surface area contributed by atoms with Gasteiger partial charge in [-0.2, -0.15) is 0 Å². The monoisotopic (exact) mass is 505 g/mol. The molecule has 0 unspecified atom stereocenters. The summed E-state index contributed by atoms with van der Waals surface area (Å²) in [5, 5.41) is 9.50. The molecule has 0 saturated carbocycles. The molecule has 5 rings (SSSR count). The van der Waals surface area contributed by atoms with Crippen molar-refractivity contribution < 1.29 is 23.1 Å². The fraction of sp³-hybridized carbons (Fsp3) is 0.323. The number of allylic oxidation sites excluding steroid dienone is 1. The van der Waals surface area contributed by atoms with E-state index < -0.39 is 17.6 Å². The average molecular weight is 506 g/mol. The SMILES string of the molecule is O=C(O)c1ccc2c(c1)CCCC(c1cc(F)ccc1F)=C2c1ccc(CC2CN(CCCF)C2)cc1. The van der Waals surface area contributed by atoms with E-state index >= 15 is 0 Å². The van der Waals surface area contributed by atoms with Crippen molar-refractivity contribution >= 4 is 17.1 Å². The van der Waals surface area contributed by atoms with Crippen LogP contribution in [0.25, 0.3) is 11.1 Å². The molecule has 6 heteroatoms. The number of hydrogen-bond donors (Lipinski definition) is 1. The number of fused-ring (bicyclic) bond motifs is 1. The Morgan fingerprint density at radius 2 is 1.73 bits per heavy atom. The number of hydrogen-bond acceptors (Lipinski definition) is 2. The molecule has 3 aromatic rings. The molecule has 1 aliphatic heterocycles. The molecule has 1 heterocycles. The highest BCUT2D eigenvalue weighted by atomic mass is 19.1. The number of carboxylic acid groups (broad SMARTS) is 1. The van der Waals surface area contributed by atoms with Crippen molar-refractivity contribution in [1.29, 1.82) is 0 Å². The number of halogens is 3. The van der Waals surface area contributed by atoms with Crippen molar-refractivity contribution in [2.75, 3.05) is 26.3 Å². The standard InChI is InChI=1S/C31H30F3NO2/c32-13-2-14-35-18-21(19-35)15-20-5-7-22(8-6-20)30-26-11-9-24(31(36)37)16-23(26)3-1-4-27(30)28-17-25(33)10-12-29(28)34/h5-12,16-17,21H,1-4,13-15,18-19H2,(H,36,37). The Morgan fingerprint density at radius 3 is 2.46 bits per heavy atom. The number of likely N-dealkylation sites (tertiary alicyclic amines) is 1. The summed E-state index contributed by atoms with van der Waals surface area (Å²) >= 11 is 0. The van der Waals surface area contributed by atoms with E-state index in [1.165, 1.54) is 11.6 Å². The van der Waals surface area contributed by atoms with Crippen molar-refractivity contribution in [3.05, 3.63) is 106 Å². The second-order valence-electron chi connectivity index (χ2n) is 10.1. The van der Waals surface area contributed by atoms with Gasteiger partial charge in [0.15, 0.2) is 0 Å². The van der Waals surface area contributed by atoms with Gasteiger partial charge in [0.25, 0.3) is 0 Å². The molecule has 37 heavy (non-hydrogen) atoms. The first-order valence-corrected chi connectivity index (χ1v) is 12.9. The van der Waals surface area contributed by atoms with Gasteiger partial charge in [-0.05, 0) is 102 Å². The fourth-order valence-electron chi connectivity index (χ4n) is 5.66. The highest BCUT2D eigenvalue weighted by Gasteiger charge is 2.27. The predicted molar refractivity (Wildman–Crippen MR) is 139 cm³/mol. The van der Waals surface area contributed by atoms with E-state index in [9.17, 15) is 23.1 Å². The van der Waals surface area contributed by atoms with Gasteiger partial charge in [0.2, 0.25) is 0 Å². The van der Waals surface area contributed by atoms with Crippen LogP contribution in [-0.4, -0.2) is 42.3 Å². The van der Waals surface area contributed by atoms with Gasteiger partial charge in [0, 0.05) is 25.2 Å². The molecular formula is C31H30F3NO2. The number of alkyl halides is 1. The topological polar surface area (TPSA) is 40.5 Å². The minimum absolute atomic E-state index is 0.217. The van der Waals surface area contributed by atoms with Crippen LogP contribution in [0.15, 0.2) is 60.7 Å². The van der Waals surface area contributed by atoms with Crippen LogP contribution in [0.2, 0.25) is 0 Å². The lowest BCUT2D eigenvalue weighted by Gasteiger charge is -2.39. The Bertz CT molecular complexity index is 1330. The zero-order chi connectivity index (χ0) is 25.9. The number of carboxylic acids is 1. The van der Waals surface area contributed by atoms with Crippen LogP contribution in [0.5, 0.6) is 0 Å². The molecule has 0 atom stereocenters. The first kappa shape index (κ1) is 25.3. The fourth-order valence-corrected chi connectivity index (χ4v) is 5.66. The zero-order valence-electron chi connectivity index (χ0n) is 20.7. The van der Waals surface area contributed by atoms with Gasteiger partial charge < -0.3 is 10.0 Å². The minimum Gasteiger partial charge on any atom is -0.478 e. The molecule has 1 N–H and O–H groups in total. The van der Waals surface area contributed by atoms with Crippen LogP contribution >= 0.6 is 0 Å². The van der Waals surface area contributed by atoms with Crippen LogP contribution in [-0.2, 0) is 12.8 Å². The summed E-state index contributed by atoms with van der Waals surface area (Å²) in [6, 6.07) is 16.8. The summed E-state index contributed by atoms with van der Waals surface area (Å²) in [6.07, 6.45) is 3.42. The molecule has 192 valence electrons. The van der Waals surface area contributed by atoms with Crippen molar-refractivity contribution in [2.24, 2.45) is 5.92 Å². The summed E-state index contributed by atoms with van der Waals surface area (Å²) in [5.74, 6) is -1.41. The largest absolute Gasteiger partial charge is 0.478 e. The van der Waals surface area contributed by atoms with E-state index in [0.717, 1.165) is 66.0 Å². The first-order chi connectivity index (χ1) is 17.9. The Balaban J connectivity index is 1.51. The van der Waals surface area contributed by atoms with Gasteiger partial charge in [-0.25, -0.2) is 13.6 Å². The van der Waals surface area contributed by atoms with Crippen molar-refractivity contribution in [2.45, 2.75) is 32.1 Å². The number of aromatic carboxylic acids is 1. The summed E-state index contributed by atoms with van der Waals surface area (Å²) < 4.78 is 41.6. The van der Waals surface area contributed by atoms with Gasteiger partial charge in [0.05, 0.1) is 12.2 Å². The van der Waals surface area contributed by atoms with Crippen molar-refractivity contribution in [3.63, 3.8) is 0 Å². The Labute approximate surface area is 215 Å². The summed E-state index contributed by atoms with van der Waals surface area (Å²) in [4.78, 5) is 13.9. The van der Waals surface area contributed by atoms with Crippen molar-refractivity contribution in [1.82, 2.24) is 4.90 Å². The molecule has 0 radical (unpaired) electrons. The number of carbonyl (C=O) groups is 1. The third kappa shape index (κ3) is 5.49. The molecular weight excluding hydrogens is 475 g/mol. The van der Waals surface area contributed by atoms with E-state index in [4.69, 9.17) is 0 Å². The van der Waals surface area contributed by atoms with Crippen LogP contribution in [0, 0.1) is 17.6 Å². The van der Waals surface area contributed by atoms with Gasteiger partial charge in [-0.15, -0.1) is 0 Å². The van der Waals surface area contributed by atoms with E-state index in [1.54, 1.807) is 18.2 Å². The molecule has 3 aromatic carbocycles. The molecule has 1 saturated heterocycles. The van der Waals surface area contributed by atoms with E-state index in [0.29, 0.717) is 31.6 Å². The van der Waals surface area contributed by atoms with Gasteiger partial charge in [-0.3, -0.25) is 4.39 Å². The zero-order valence-corrected chi connectivity index (χ0v) is 20.7. The highest BCUT2D eigenvalue weighted by molar-refractivity contribution is 6.00. The minimum atomic E-state index is -0.988. The third-order valence-corrected chi connectivity index (χ3v) is 7.46. The Morgan fingerprint density at radius 1 is 0.946 bits per heavy atom. The number of rotatable bonds is 8. The Hall–Kier alpha value is -3.38. The van der Waals surface area contributed by atoms with Gasteiger partial charge >= 0.3 is 5.97 Å². The molecule has 0 amide bonds. The maximum atomic E-state index is 15.0. The second-order valence-corrected chi connectivity index (χ2v) is 10.1. The third-order valence-electron chi connectivity index (χ3n) is 7.46. The maximum absolute atomic E-state index is 15.0. The second kappa shape index (κ2) is 10.9. The number of benzene rings is 3. The summed E-state index contributed by atoms with van der Waals surface area (Å²) in [5.41, 5.74) is 5.87. The Kier molecular flexibility index (Phi) is 7.47. The van der Waals surface area contributed by atoms with E-state index in [1.807, 2.05) is 12.1 Å². The van der Waals surface area contributed by atoms with Crippen LogP contribution < -0.4 is 0 Å². The van der Waals surface area contributed by atoms with Crippen LogP contribution in [0.3, 0.4) is 0 Å². The summed E-state index contributed by atoms with van der Waals surface area (Å²) in [7, 11) is 0. The maximum Gasteiger partial charge on any atom is 0.335 e. The molecule has 3 nitrogen and oxygen atoms in total. The first-order valence-electron chi connectivity index (χ1n) is 12.9. The average Bonchev–Trinajstić information content (AvgIpc) is 3.06. The van der Waals surface area contributed by atoms with Gasteiger partial charge in [0.1, 0.15) is 11.6 Å². The number of nitrogens with zero attached hydrogens (tertiary/aromatic N) is 1. The quantitative estimate of drug-likeness (QED) is 0.366. The van der Waals surface area contributed by atoms with E-state index in [2.05, 4.69) is 17.0 Å². The summed E-state index contributed by atoms with van der Waals surface area (Å²) in [6.45, 7) is 2.49. The smallest absolute Gasteiger partial charge is 0.335 e. The highest BCUT2D eigenvalue weighted by Crippen LogP contribution is 2.41. The van der Waals surface area contributed by atoms with Gasteiger partial charge in [-0.1, -0.05) is 30.3 Å². The molecule has 1 fully saturated rings. The molecule has 1 aliphatic carbocycles. The normalized spacial score (nSPS) is 16.3. The lowest BCUT2D eigenvalue weighted by atomic mass is 9.86. The lowest BCUT2D eigenvalue weighted by molar-refractivity contribution is 0.0696. The van der Waals surface area contributed by atoms with E-state index in [-0.39, 0.29) is 17.8 Å². The molecule has 0 bridgehead atoms. The molecule has 0 spiro atoms. The van der Waals surface area contributed by atoms with Crippen molar-refractivity contribution in [3.8, 4) is 0 Å². The lowest BCUT2D eigenvalue weighted by Crippen LogP contribution is -2.47. The molecule has 0 aromatic heterocycles. The number of aryl methyl sites for hydroxylation is 1.